The van der Waals surface area contributed by atoms with Crippen molar-refractivity contribution in [2.24, 2.45) is 0 Å². The maximum atomic E-state index is 11.6. The quantitative estimate of drug-likeness (QED) is 0.590. The van der Waals surface area contributed by atoms with E-state index in [2.05, 4.69) is 11.9 Å². The molecule has 0 spiro atoms. The lowest BCUT2D eigenvalue weighted by atomic mass is 10.1. The summed E-state index contributed by atoms with van der Waals surface area (Å²) in [6, 6.07) is 0. The third-order valence-corrected chi connectivity index (χ3v) is 4.19. The molecule has 0 bridgehead atoms. The summed E-state index contributed by atoms with van der Waals surface area (Å²) >= 11 is 0. The maximum absolute atomic E-state index is 11.6. The highest BCUT2D eigenvalue weighted by molar-refractivity contribution is 5.00. The van der Waals surface area contributed by atoms with E-state index in [-0.39, 0.29) is 11.2 Å². The van der Waals surface area contributed by atoms with E-state index in [9.17, 15) is 9.59 Å². The van der Waals surface area contributed by atoms with E-state index in [4.69, 9.17) is 0 Å². The number of unbranched alkanes of at least 4 members (excludes halogenated alkanes) is 10. The average Bonchev–Trinajstić information content (AvgIpc) is 2.49. The Balaban J connectivity index is 2.03. The summed E-state index contributed by atoms with van der Waals surface area (Å²) in [6.45, 7) is 4.69. The topological polar surface area (TPSA) is 54.9 Å². The molecule has 1 heterocycles. The second kappa shape index (κ2) is 11.3. The van der Waals surface area contributed by atoms with E-state index in [0.717, 1.165) is 12.8 Å². The van der Waals surface area contributed by atoms with Gasteiger partial charge in [0.2, 0.25) is 0 Å². The molecule has 0 saturated carbocycles. The van der Waals surface area contributed by atoms with Crippen LogP contribution in [0.1, 0.15) is 83.1 Å². The molecule has 4 nitrogen and oxygen atoms in total. The SMILES string of the molecule is CCCCCCCCCCCCCn1cc(C)c(=O)[nH]c1=O. The Morgan fingerprint density at radius 2 is 1.36 bits per heavy atom. The van der Waals surface area contributed by atoms with Gasteiger partial charge in [-0.25, -0.2) is 4.79 Å². The van der Waals surface area contributed by atoms with Crippen LogP contribution in [-0.2, 0) is 6.54 Å². The molecule has 1 rings (SSSR count). The van der Waals surface area contributed by atoms with Crippen LogP contribution < -0.4 is 11.2 Å². The van der Waals surface area contributed by atoms with Crippen molar-refractivity contribution >= 4 is 0 Å². The Labute approximate surface area is 134 Å². The largest absolute Gasteiger partial charge is 0.328 e. The van der Waals surface area contributed by atoms with Crippen LogP contribution in [0.15, 0.2) is 15.8 Å². The average molecular weight is 308 g/mol. The number of nitrogens with one attached hydrogen (secondary N) is 1. The van der Waals surface area contributed by atoms with Crippen molar-refractivity contribution in [2.75, 3.05) is 0 Å². The molecule has 4 heteroatoms. The van der Waals surface area contributed by atoms with Crippen molar-refractivity contribution in [3.63, 3.8) is 0 Å². The number of hydrogen-bond donors (Lipinski definition) is 1. The van der Waals surface area contributed by atoms with E-state index in [0.29, 0.717) is 12.1 Å². The summed E-state index contributed by atoms with van der Waals surface area (Å²) in [5, 5.41) is 0. The molecule has 1 aromatic rings. The standard InChI is InChI=1S/C18H32N2O2/c1-3-4-5-6-7-8-9-10-11-12-13-14-20-15-16(2)17(21)19-18(20)22/h15H,3-14H2,1-2H3,(H,19,21,22). The first-order valence-electron chi connectivity index (χ1n) is 8.95. The zero-order valence-corrected chi connectivity index (χ0v) is 14.3. The van der Waals surface area contributed by atoms with Crippen LogP contribution in [-0.4, -0.2) is 9.55 Å². The van der Waals surface area contributed by atoms with Gasteiger partial charge in [0.1, 0.15) is 0 Å². The number of aromatic amines is 1. The molecular formula is C18H32N2O2. The predicted octanol–water partition coefficient (Wildman–Crippen LogP) is 4.16. The Kier molecular flexibility index (Phi) is 9.60. The second-order valence-electron chi connectivity index (χ2n) is 6.30. The van der Waals surface area contributed by atoms with Crippen molar-refractivity contribution in [3.05, 3.63) is 32.6 Å². The fourth-order valence-corrected chi connectivity index (χ4v) is 2.73. The van der Waals surface area contributed by atoms with Gasteiger partial charge in [-0.15, -0.1) is 0 Å². The lowest BCUT2D eigenvalue weighted by molar-refractivity contribution is 0.522. The van der Waals surface area contributed by atoms with Gasteiger partial charge in [-0.05, 0) is 13.3 Å². The van der Waals surface area contributed by atoms with Crippen LogP contribution in [0.25, 0.3) is 0 Å². The van der Waals surface area contributed by atoms with Crippen LogP contribution in [0.2, 0.25) is 0 Å². The van der Waals surface area contributed by atoms with Gasteiger partial charge in [-0.3, -0.25) is 9.78 Å². The van der Waals surface area contributed by atoms with Crippen molar-refractivity contribution in [2.45, 2.75) is 91.0 Å². The van der Waals surface area contributed by atoms with Gasteiger partial charge < -0.3 is 4.57 Å². The first-order chi connectivity index (χ1) is 10.6. The van der Waals surface area contributed by atoms with Gasteiger partial charge in [0.05, 0.1) is 0 Å². The molecule has 0 unspecified atom stereocenters. The van der Waals surface area contributed by atoms with Crippen LogP contribution >= 0.6 is 0 Å². The Bertz CT molecular complexity index is 517. The summed E-state index contributed by atoms with van der Waals surface area (Å²) in [6.07, 6.45) is 15.9. The highest BCUT2D eigenvalue weighted by Gasteiger charge is 2.00. The molecule has 0 saturated heterocycles. The smallest absolute Gasteiger partial charge is 0.300 e. The summed E-state index contributed by atoms with van der Waals surface area (Å²) < 4.78 is 1.62. The minimum Gasteiger partial charge on any atom is -0.300 e. The van der Waals surface area contributed by atoms with Crippen LogP contribution in [0, 0.1) is 6.92 Å². The van der Waals surface area contributed by atoms with E-state index < -0.39 is 0 Å². The zero-order chi connectivity index (χ0) is 16.2. The van der Waals surface area contributed by atoms with E-state index in [1.54, 1.807) is 17.7 Å². The second-order valence-corrected chi connectivity index (χ2v) is 6.30. The van der Waals surface area contributed by atoms with E-state index in [1.807, 2.05) is 0 Å². The Morgan fingerprint density at radius 1 is 0.864 bits per heavy atom. The first kappa shape index (κ1) is 18.7. The predicted molar refractivity (Wildman–Crippen MR) is 92.5 cm³/mol. The van der Waals surface area contributed by atoms with Crippen molar-refractivity contribution in [1.29, 1.82) is 0 Å². The lowest BCUT2D eigenvalue weighted by Gasteiger charge is -2.06. The molecule has 0 amide bonds. The molecule has 0 aliphatic carbocycles. The molecule has 0 aliphatic rings. The summed E-state index contributed by atoms with van der Waals surface area (Å²) in [5.74, 6) is 0. The van der Waals surface area contributed by atoms with Crippen LogP contribution in [0.5, 0.6) is 0 Å². The number of rotatable bonds is 12. The van der Waals surface area contributed by atoms with Crippen molar-refractivity contribution in [1.82, 2.24) is 9.55 Å². The minimum atomic E-state index is -0.289. The van der Waals surface area contributed by atoms with Gasteiger partial charge >= 0.3 is 5.69 Å². The molecule has 126 valence electrons. The minimum absolute atomic E-state index is 0.278. The summed E-state index contributed by atoms with van der Waals surface area (Å²) in [5.41, 5.74) is 0.0329. The van der Waals surface area contributed by atoms with Gasteiger partial charge in [0.25, 0.3) is 5.56 Å². The molecular weight excluding hydrogens is 276 g/mol. The number of aryl methyl sites for hydroxylation is 2. The third kappa shape index (κ3) is 7.62. The number of aromatic nitrogens is 2. The fourth-order valence-electron chi connectivity index (χ4n) is 2.73. The number of hydrogen-bond acceptors (Lipinski definition) is 2. The fraction of sp³-hybridized carbons (Fsp3) is 0.778. The number of nitrogens with zero attached hydrogens (tertiary/aromatic N) is 1. The Morgan fingerprint density at radius 3 is 1.91 bits per heavy atom. The van der Waals surface area contributed by atoms with Crippen molar-refractivity contribution < 1.29 is 0 Å². The molecule has 0 radical (unpaired) electrons. The molecule has 0 aromatic carbocycles. The van der Waals surface area contributed by atoms with Gasteiger partial charge in [-0.1, -0.05) is 71.1 Å². The van der Waals surface area contributed by atoms with Gasteiger partial charge in [0.15, 0.2) is 0 Å². The van der Waals surface area contributed by atoms with Gasteiger partial charge in [0, 0.05) is 18.3 Å². The zero-order valence-electron chi connectivity index (χ0n) is 14.3. The van der Waals surface area contributed by atoms with Crippen LogP contribution in [0.3, 0.4) is 0 Å². The molecule has 22 heavy (non-hydrogen) atoms. The molecule has 0 atom stereocenters. The summed E-state index contributed by atoms with van der Waals surface area (Å²) in [7, 11) is 0. The third-order valence-electron chi connectivity index (χ3n) is 4.19. The van der Waals surface area contributed by atoms with E-state index in [1.165, 1.54) is 57.8 Å². The number of H-pyrrole nitrogens is 1. The molecule has 0 fully saturated rings. The normalized spacial score (nSPS) is 11.0. The maximum Gasteiger partial charge on any atom is 0.328 e. The molecule has 0 aliphatic heterocycles. The molecule has 1 aromatic heterocycles. The first-order valence-corrected chi connectivity index (χ1v) is 8.95. The lowest BCUT2D eigenvalue weighted by Crippen LogP contribution is -2.30. The molecule has 1 N–H and O–H groups in total. The highest BCUT2D eigenvalue weighted by Crippen LogP contribution is 2.11. The van der Waals surface area contributed by atoms with Crippen molar-refractivity contribution in [3.8, 4) is 0 Å². The highest BCUT2D eigenvalue weighted by atomic mass is 16.2. The van der Waals surface area contributed by atoms with Gasteiger partial charge in [-0.2, -0.15) is 0 Å². The van der Waals surface area contributed by atoms with Crippen LogP contribution in [0.4, 0.5) is 0 Å². The summed E-state index contributed by atoms with van der Waals surface area (Å²) in [4.78, 5) is 25.2. The monoisotopic (exact) mass is 308 g/mol. The Hall–Kier alpha value is -1.32. The van der Waals surface area contributed by atoms with E-state index >= 15 is 0 Å².